The topological polar surface area (TPSA) is 37.4 Å². The molecule has 0 aromatic carbocycles. The summed E-state index contributed by atoms with van der Waals surface area (Å²) >= 11 is 0. The zero-order valence-electron chi connectivity index (χ0n) is 13.7. The first-order chi connectivity index (χ1) is 9.70. The van der Waals surface area contributed by atoms with Crippen LogP contribution in [0.1, 0.15) is 38.3 Å². The first-order valence-corrected chi connectivity index (χ1v) is 7.65. The summed E-state index contributed by atoms with van der Waals surface area (Å²) in [7, 11) is 1.66. The Morgan fingerprint density at radius 1 is 1.18 bits per heavy atom. The van der Waals surface area contributed by atoms with Gasteiger partial charge in [-0.2, -0.15) is 0 Å². The molecule has 0 aliphatic carbocycles. The molecule has 0 radical (unpaired) electrons. The van der Waals surface area contributed by atoms with Gasteiger partial charge in [-0.25, -0.2) is 4.98 Å². The number of pyridine rings is 1. The molecule has 0 bridgehead atoms. The van der Waals surface area contributed by atoms with Crippen LogP contribution in [0.2, 0.25) is 0 Å². The van der Waals surface area contributed by atoms with E-state index in [0.717, 1.165) is 32.1 Å². The highest BCUT2D eigenvalue weighted by atomic mass is 35.5. The first kappa shape index (κ1) is 21.4. The summed E-state index contributed by atoms with van der Waals surface area (Å²) in [6.45, 7) is 9.00. The van der Waals surface area contributed by atoms with Gasteiger partial charge >= 0.3 is 0 Å². The van der Waals surface area contributed by atoms with Crippen LogP contribution in [-0.2, 0) is 0 Å². The van der Waals surface area contributed by atoms with Crippen LogP contribution in [0, 0.1) is 5.92 Å². The van der Waals surface area contributed by atoms with Crippen molar-refractivity contribution in [3.8, 4) is 5.88 Å². The molecule has 2 heterocycles. The summed E-state index contributed by atoms with van der Waals surface area (Å²) in [6.07, 6.45) is 4.43. The van der Waals surface area contributed by atoms with Gasteiger partial charge in [-0.1, -0.05) is 19.9 Å². The largest absolute Gasteiger partial charge is 0.481 e. The van der Waals surface area contributed by atoms with Crippen LogP contribution in [0.4, 0.5) is 0 Å². The highest BCUT2D eigenvalue weighted by molar-refractivity contribution is 5.85. The van der Waals surface area contributed by atoms with Crippen molar-refractivity contribution in [3.05, 3.63) is 23.9 Å². The Labute approximate surface area is 146 Å². The zero-order chi connectivity index (χ0) is 14.4. The van der Waals surface area contributed by atoms with Gasteiger partial charge in [0.15, 0.2) is 0 Å². The number of nitrogens with one attached hydrogen (secondary N) is 1. The minimum absolute atomic E-state index is 0. The molecule has 1 N–H and O–H groups in total. The Balaban J connectivity index is 0.00000220. The van der Waals surface area contributed by atoms with Crippen molar-refractivity contribution in [2.24, 2.45) is 5.92 Å². The molecule has 0 unspecified atom stereocenters. The second kappa shape index (κ2) is 11.1. The molecule has 1 aliphatic rings. The van der Waals surface area contributed by atoms with Crippen molar-refractivity contribution >= 4 is 24.8 Å². The number of rotatable bonds is 6. The lowest BCUT2D eigenvalue weighted by Gasteiger charge is -2.35. The van der Waals surface area contributed by atoms with Gasteiger partial charge in [0.25, 0.3) is 0 Å². The summed E-state index contributed by atoms with van der Waals surface area (Å²) in [5.74, 6) is 1.43. The van der Waals surface area contributed by atoms with E-state index >= 15 is 0 Å². The predicted molar refractivity (Wildman–Crippen MR) is 96.5 cm³/mol. The Morgan fingerprint density at radius 3 is 2.36 bits per heavy atom. The number of hydrogen-bond donors (Lipinski definition) is 1. The summed E-state index contributed by atoms with van der Waals surface area (Å²) in [4.78, 5) is 6.96. The lowest BCUT2D eigenvalue weighted by molar-refractivity contribution is 0.159. The van der Waals surface area contributed by atoms with Gasteiger partial charge in [0.05, 0.1) is 7.11 Å². The smallest absolute Gasteiger partial charge is 0.212 e. The van der Waals surface area contributed by atoms with Gasteiger partial charge < -0.3 is 10.1 Å². The van der Waals surface area contributed by atoms with Gasteiger partial charge in [0.2, 0.25) is 5.88 Å². The number of ether oxygens (including phenoxy) is 1. The summed E-state index contributed by atoms with van der Waals surface area (Å²) in [6, 6.07) is 4.62. The fourth-order valence-corrected chi connectivity index (χ4v) is 2.75. The quantitative estimate of drug-likeness (QED) is 0.854. The van der Waals surface area contributed by atoms with E-state index in [1.54, 1.807) is 7.11 Å². The third-order valence-corrected chi connectivity index (χ3v) is 3.96. The van der Waals surface area contributed by atoms with E-state index in [4.69, 9.17) is 4.74 Å². The lowest BCUT2D eigenvalue weighted by atomic mass is 9.97. The first-order valence-electron chi connectivity index (χ1n) is 7.65. The minimum atomic E-state index is 0. The van der Waals surface area contributed by atoms with Crippen LogP contribution < -0.4 is 10.1 Å². The molecule has 0 spiro atoms. The monoisotopic (exact) mass is 349 g/mol. The second-order valence-corrected chi connectivity index (χ2v) is 5.91. The van der Waals surface area contributed by atoms with E-state index in [2.05, 4.69) is 35.1 Å². The molecular formula is C16H29Cl2N3O. The summed E-state index contributed by atoms with van der Waals surface area (Å²) < 4.78 is 5.16. The van der Waals surface area contributed by atoms with Crippen molar-refractivity contribution < 1.29 is 4.74 Å². The van der Waals surface area contributed by atoms with Crippen LogP contribution in [-0.4, -0.2) is 43.2 Å². The number of halogens is 2. The van der Waals surface area contributed by atoms with Crippen molar-refractivity contribution in [3.63, 3.8) is 0 Å². The average Bonchev–Trinajstić information content (AvgIpc) is 2.49. The Hall–Kier alpha value is -0.550. The fraction of sp³-hybridized carbons (Fsp3) is 0.688. The molecule has 1 saturated heterocycles. The molecule has 1 aliphatic heterocycles. The number of piperazine rings is 1. The van der Waals surface area contributed by atoms with E-state index in [0.29, 0.717) is 11.9 Å². The number of hydrogen-bond acceptors (Lipinski definition) is 4. The van der Waals surface area contributed by atoms with Gasteiger partial charge in [-0.05, 0) is 24.3 Å². The van der Waals surface area contributed by atoms with E-state index in [1.807, 2.05) is 12.3 Å². The SMILES string of the molecule is COc1ccc([C@H](CCC(C)C)N2CCNCC2)cn1.Cl.Cl. The van der Waals surface area contributed by atoms with Crippen LogP contribution in [0.3, 0.4) is 0 Å². The Kier molecular flexibility index (Phi) is 10.8. The molecule has 6 heteroatoms. The van der Waals surface area contributed by atoms with Crippen LogP contribution in [0.25, 0.3) is 0 Å². The maximum Gasteiger partial charge on any atom is 0.212 e. The molecule has 1 atom stereocenters. The van der Waals surface area contributed by atoms with Crippen LogP contribution in [0.5, 0.6) is 5.88 Å². The maximum absolute atomic E-state index is 5.16. The molecule has 0 amide bonds. The standard InChI is InChI=1S/C16H27N3O.2ClH/c1-13(2)4-6-15(19-10-8-17-9-11-19)14-5-7-16(20-3)18-12-14;;/h5,7,12-13,15,17H,4,6,8-11H2,1-3H3;2*1H/t15-;;/m0../s1. The molecule has 128 valence electrons. The number of nitrogens with zero attached hydrogens (tertiary/aromatic N) is 2. The predicted octanol–water partition coefficient (Wildman–Crippen LogP) is 3.32. The molecule has 0 saturated carbocycles. The van der Waals surface area contributed by atoms with Crippen molar-refractivity contribution in [2.75, 3.05) is 33.3 Å². The van der Waals surface area contributed by atoms with E-state index in [9.17, 15) is 0 Å². The van der Waals surface area contributed by atoms with Crippen molar-refractivity contribution in [2.45, 2.75) is 32.7 Å². The Morgan fingerprint density at radius 2 is 1.86 bits per heavy atom. The normalized spacial score (nSPS) is 16.5. The minimum Gasteiger partial charge on any atom is -0.481 e. The van der Waals surface area contributed by atoms with E-state index < -0.39 is 0 Å². The third kappa shape index (κ3) is 6.29. The fourth-order valence-electron chi connectivity index (χ4n) is 2.75. The summed E-state index contributed by atoms with van der Waals surface area (Å²) in [5.41, 5.74) is 1.31. The van der Waals surface area contributed by atoms with E-state index in [-0.39, 0.29) is 24.8 Å². The molecule has 1 fully saturated rings. The number of aromatic nitrogens is 1. The Bertz CT molecular complexity index is 395. The molecule has 22 heavy (non-hydrogen) atoms. The highest BCUT2D eigenvalue weighted by Gasteiger charge is 2.22. The van der Waals surface area contributed by atoms with Crippen molar-refractivity contribution in [1.29, 1.82) is 0 Å². The molecule has 4 nitrogen and oxygen atoms in total. The van der Waals surface area contributed by atoms with Crippen LogP contribution in [0.15, 0.2) is 18.3 Å². The maximum atomic E-state index is 5.16. The number of methoxy groups -OCH3 is 1. The molecular weight excluding hydrogens is 321 g/mol. The van der Waals surface area contributed by atoms with Crippen molar-refractivity contribution in [1.82, 2.24) is 15.2 Å². The second-order valence-electron chi connectivity index (χ2n) is 5.91. The zero-order valence-corrected chi connectivity index (χ0v) is 15.4. The lowest BCUT2D eigenvalue weighted by Crippen LogP contribution is -2.45. The molecule has 1 aromatic heterocycles. The third-order valence-electron chi connectivity index (χ3n) is 3.96. The highest BCUT2D eigenvalue weighted by Crippen LogP contribution is 2.28. The summed E-state index contributed by atoms with van der Waals surface area (Å²) in [5, 5.41) is 3.43. The molecule has 1 aromatic rings. The van der Waals surface area contributed by atoms with Gasteiger partial charge in [0.1, 0.15) is 0 Å². The van der Waals surface area contributed by atoms with Crippen LogP contribution >= 0.6 is 24.8 Å². The average molecular weight is 350 g/mol. The molecule has 2 rings (SSSR count). The van der Waals surface area contributed by atoms with Gasteiger partial charge in [-0.3, -0.25) is 4.90 Å². The van der Waals surface area contributed by atoms with Gasteiger partial charge in [-0.15, -0.1) is 24.8 Å². The van der Waals surface area contributed by atoms with E-state index in [1.165, 1.54) is 18.4 Å². The van der Waals surface area contributed by atoms with Gasteiger partial charge in [0, 0.05) is 44.5 Å².